The highest BCUT2D eigenvalue weighted by molar-refractivity contribution is 5.96. The summed E-state index contributed by atoms with van der Waals surface area (Å²) in [6.45, 7) is 0.139. The van der Waals surface area contributed by atoms with Crippen molar-refractivity contribution < 1.29 is 23.4 Å². The third-order valence-corrected chi connectivity index (χ3v) is 5.94. The summed E-state index contributed by atoms with van der Waals surface area (Å²) in [5, 5.41) is 12.2. The van der Waals surface area contributed by atoms with Gasteiger partial charge in [-0.15, -0.1) is 0 Å². The first-order valence-corrected chi connectivity index (χ1v) is 10.1. The first-order chi connectivity index (χ1) is 15.4. The average Bonchev–Trinajstić information content (AvgIpc) is 2.78. The smallest absolute Gasteiger partial charge is 0.277 e. The Balaban J connectivity index is 1.84. The minimum Gasteiger partial charge on any atom is -0.502 e. The van der Waals surface area contributed by atoms with Crippen molar-refractivity contribution >= 4 is 5.91 Å². The summed E-state index contributed by atoms with van der Waals surface area (Å²) in [4.78, 5) is 26.6. The summed E-state index contributed by atoms with van der Waals surface area (Å²) < 4.78 is 35.7. The maximum atomic E-state index is 14.4. The molecule has 1 amide bonds. The molecule has 2 atom stereocenters. The van der Waals surface area contributed by atoms with Gasteiger partial charge < -0.3 is 14.7 Å². The van der Waals surface area contributed by atoms with Crippen LogP contribution in [0.3, 0.4) is 0 Å². The Morgan fingerprint density at radius 1 is 1.06 bits per heavy atom. The van der Waals surface area contributed by atoms with E-state index in [4.69, 9.17) is 4.74 Å². The van der Waals surface area contributed by atoms with Crippen LogP contribution < -0.4 is 15.2 Å². The van der Waals surface area contributed by atoms with Gasteiger partial charge in [0.15, 0.2) is 23.1 Å². The number of nitrogens with zero attached hydrogens (tertiary/aromatic N) is 3. The molecule has 2 aliphatic rings. The third-order valence-electron chi connectivity index (χ3n) is 5.94. The minimum atomic E-state index is -1.03. The van der Waals surface area contributed by atoms with E-state index < -0.39 is 40.9 Å². The maximum Gasteiger partial charge on any atom is 0.277 e. The van der Waals surface area contributed by atoms with Gasteiger partial charge in [-0.1, -0.05) is 30.3 Å². The molecule has 3 aromatic rings. The second kappa shape index (κ2) is 7.37. The lowest BCUT2D eigenvalue weighted by Gasteiger charge is -2.49. The van der Waals surface area contributed by atoms with Crippen molar-refractivity contribution in [3.63, 3.8) is 0 Å². The molecule has 1 aromatic heterocycles. The first-order valence-electron chi connectivity index (χ1n) is 10.1. The molecule has 0 saturated carbocycles. The highest BCUT2D eigenvalue weighted by Gasteiger charge is 2.43. The van der Waals surface area contributed by atoms with Gasteiger partial charge in [-0.2, -0.15) is 0 Å². The lowest BCUT2D eigenvalue weighted by molar-refractivity contribution is 0.0573. The third kappa shape index (κ3) is 2.92. The Labute approximate surface area is 181 Å². The van der Waals surface area contributed by atoms with E-state index in [1.807, 2.05) is 30.3 Å². The molecule has 0 aliphatic carbocycles. The zero-order valence-electron chi connectivity index (χ0n) is 17.0. The SMILES string of the molecule is CN1C(=O)c2c(O)c(=O)ccn2N2C(c3ccccc3)c3cc(F)c(F)cc3OCCC12. The number of ether oxygens (including phenoxy) is 1. The van der Waals surface area contributed by atoms with E-state index in [1.165, 1.54) is 15.8 Å². The molecule has 0 fully saturated rings. The zero-order chi connectivity index (χ0) is 22.6. The fourth-order valence-electron chi connectivity index (χ4n) is 4.42. The molecule has 0 saturated heterocycles. The second-order valence-corrected chi connectivity index (χ2v) is 7.75. The van der Waals surface area contributed by atoms with Crippen LogP contribution in [0.25, 0.3) is 0 Å². The molecule has 9 heteroatoms. The molecule has 32 heavy (non-hydrogen) atoms. The average molecular weight is 439 g/mol. The normalized spacial score (nSPS) is 19.9. The molecule has 7 nitrogen and oxygen atoms in total. The zero-order valence-corrected chi connectivity index (χ0v) is 17.0. The number of halogens is 2. The highest BCUT2D eigenvalue weighted by atomic mass is 19.2. The van der Waals surface area contributed by atoms with E-state index >= 15 is 0 Å². The van der Waals surface area contributed by atoms with Crippen molar-refractivity contribution in [2.75, 3.05) is 18.7 Å². The van der Waals surface area contributed by atoms with E-state index in [0.717, 1.165) is 23.8 Å². The van der Waals surface area contributed by atoms with Crippen LogP contribution in [0, 0.1) is 11.6 Å². The number of hydrogen-bond donors (Lipinski definition) is 1. The van der Waals surface area contributed by atoms with Crippen LogP contribution in [-0.2, 0) is 0 Å². The molecule has 5 rings (SSSR count). The number of carbonyl (C=O) groups is 1. The molecular formula is C23H19F2N3O4. The number of hydrogen-bond acceptors (Lipinski definition) is 5. The molecule has 0 bridgehead atoms. The number of rotatable bonds is 1. The van der Waals surface area contributed by atoms with Crippen molar-refractivity contribution in [2.24, 2.45) is 0 Å². The highest BCUT2D eigenvalue weighted by Crippen LogP contribution is 2.41. The van der Waals surface area contributed by atoms with Crippen molar-refractivity contribution in [3.05, 3.63) is 93.4 Å². The molecular weight excluding hydrogens is 420 g/mol. The molecule has 0 spiro atoms. The topological polar surface area (TPSA) is 75.0 Å². The lowest BCUT2D eigenvalue weighted by Crippen LogP contribution is -2.62. The number of benzene rings is 2. The molecule has 2 aliphatic heterocycles. The van der Waals surface area contributed by atoms with Gasteiger partial charge in [0.2, 0.25) is 5.43 Å². The van der Waals surface area contributed by atoms with Crippen molar-refractivity contribution in [2.45, 2.75) is 18.6 Å². The predicted molar refractivity (Wildman–Crippen MR) is 111 cm³/mol. The van der Waals surface area contributed by atoms with Crippen molar-refractivity contribution in [1.29, 1.82) is 0 Å². The van der Waals surface area contributed by atoms with Gasteiger partial charge in [-0.25, -0.2) is 8.78 Å². The Hall–Kier alpha value is -3.88. The predicted octanol–water partition coefficient (Wildman–Crippen LogP) is 2.75. The van der Waals surface area contributed by atoms with Crippen LogP contribution in [-0.4, -0.2) is 40.4 Å². The number of carbonyl (C=O) groups excluding carboxylic acids is 1. The Kier molecular flexibility index (Phi) is 4.61. The monoisotopic (exact) mass is 439 g/mol. The Morgan fingerprint density at radius 3 is 2.53 bits per heavy atom. The van der Waals surface area contributed by atoms with Crippen LogP contribution >= 0.6 is 0 Å². The van der Waals surface area contributed by atoms with E-state index in [0.29, 0.717) is 12.0 Å². The number of aromatic nitrogens is 1. The maximum absolute atomic E-state index is 14.4. The molecule has 2 aromatic carbocycles. The summed E-state index contributed by atoms with van der Waals surface area (Å²) in [7, 11) is 1.57. The minimum absolute atomic E-state index is 0.139. The van der Waals surface area contributed by atoms with Gasteiger partial charge in [-0.05, 0) is 11.6 Å². The number of amides is 1. The molecule has 3 heterocycles. The number of fused-ring (bicyclic) bond motifs is 4. The quantitative estimate of drug-likeness (QED) is 0.631. The van der Waals surface area contributed by atoms with Gasteiger partial charge in [0.25, 0.3) is 5.91 Å². The summed E-state index contributed by atoms with van der Waals surface area (Å²) in [6.07, 6.45) is 1.20. The summed E-state index contributed by atoms with van der Waals surface area (Å²) >= 11 is 0. The van der Waals surface area contributed by atoms with Gasteiger partial charge in [-0.3, -0.25) is 19.3 Å². The lowest BCUT2D eigenvalue weighted by atomic mass is 9.95. The standard InChI is InChI=1S/C23H19F2N3O4/c1-26-19-8-10-32-18-12-16(25)15(24)11-14(18)20(13-5-3-2-4-6-13)28(19)27-9-7-17(29)22(30)21(27)23(26)31/h2-7,9,11-12,19-20,30H,8,10H2,1H3. The molecule has 164 valence electrons. The van der Waals surface area contributed by atoms with Crippen LogP contribution in [0.2, 0.25) is 0 Å². The van der Waals surface area contributed by atoms with Gasteiger partial charge in [0, 0.05) is 37.4 Å². The van der Waals surface area contributed by atoms with Gasteiger partial charge >= 0.3 is 0 Å². The fraction of sp³-hybridized carbons (Fsp3) is 0.217. The molecule has 1 N–H and O–H groups in total. The Bertz CT molecular complexity index is 1280. The van der Waals surface area contributed by atoms with Crippen LogP contribution in [0.5, 0.6) is 11.5 Å². The Morgan fingerprint density at radius 2 is 1.78 bits per heavy atom. The second-order valence-electron chi connectivity index (χ2n) is 7.75. The number of pyridine rings is 1. The summed E-state index contributed by atoms with van der Waals surface area (Å²) in [6, 6.07) is 11.7. The fourth-order valence-corrected chi connectivity index (χ4v) is 4.42. The summed E-state index contributed by atoms with van der Waals surface area (Å²) in [5.41, 5.74) is 0.202. The van der Waals surface area contributed by atoms with Crippen LogP contribution in [0.4, 0.5) is 8.78 Å². The van der Waals surface area contributed by atoms with Crippen LogP contribution in [0.1, 0.15) is 34.1 Å². The van der Waals surface area contributed by atoms with Crippen molar-refractivity contribution in [3.8, 4) is 11.5 Å². The molecule has 2 unspecified atom stereocenters. The molecule has 0 radical (unpaired) electrons. The van der Waals surface area contributed by atoms with E-state index in [2.05, 4.69) is 0 Å². The van der Waals surface area contributed by atoms with Gasteiger partial charge in [0.05, 0.1) is 6.61 Å². The number of aromatic hydroxyl groups is 1. The largest absolute Gasteiger partial charge is 0.502 e. The first kappa shape index (κ1) is 20.0. The van der Waals surface area contributed by atoms with Crippen molar-refractivity contribution in [1.82, 2.24) is 9.58 Å². The van der Waals surface area contributed by atoms with E-state index in [-0.39, 0.29) is 18.1 Å². The van der Waals surface area contributed by atoms with E-state index in [1.54, 1.807) is 12.1 Å². The van der Waals surface area contributed by atoms with Gasteiger partial charge in [0.1, 0.15) is 18.0 Å². The van der Waals surface area contributed by atoms with Crippen LogP contribution in [0.15, 0.2) is 59.5 Å². The summed E-state index contributed by atoms with van der Waals surface area (Å²) in [5.74, 6) is -3.07. The van der Waals surface area contributed by atoms with E-state index in [9.17, 15) is 23.5 Å².